The van der Waals surface area contributed by atoms with E-state index < -0.39 is 10.0 Å². The molecule has 8 heteroatoms. The molecule has 5 nitrogen and oxygen atoms in total. The first kappa shape index (κ1) is 19.9. The van der Waals surface area contributed by atoms with Gasteiger partial charge in [0.05, 0.1) is 10.6 Å². The van der Waals surface area contributed by atoms with Crippen LogP contribution in [0.1, 0.15) is 11.1 Å². The van der Waals surface area contributed by atoms with E-state index in [-0.39, 0.29) is 4.90 Å². The van der Waals surface area contributed by atoms with Gasteiger partial charge in [-0.1, -0.05) is 29.3 Å². The van der Waals surface area contributed by atoms with Crippen molar-refractivity contribution in [2.24, 2.45) is 4.99 Å². The Morgan fingerprint density at radius 1 is 1.20 bits per heavy atom. The molecule has 0 fully saturated rings. The third kappa shape index (κ3) is 5.55. The fourth-order valence-corrected chi connectivity index (χ4v) is 4.12. The Labute approximate surface area is 158 Å². The van der Waals surface area contributed by atoms with Crippen molar-refractivity contribution in [3.8, 4) is 0 Å². The lowest BCUT2D eigenvalue weighted by Gasteiger charge is -2.15. The lowest BCUT2D eigenvalue weighted by atomic mass is 10.2. The molecule has 0 atom stereocenters. The predicted molar refractivity (Wildman–Crippen MR) is 106 cm³/mol. The zero-order valence-electron chi connectivity index (χ0n) is 14.2. The number of hydrogen-bond donors (Lipinski definition) is 1. The molecule has 2 aromatic carbocycles. The van der Waals surface area contributed by atoms with Gasteiger partial charge in [-0.05, 0) is 49.7 Å². The number of nitrogens with one attached hydrogen (secondary N) is 1. The smallest absolute Gasteiger partial charge is 0.253 e. The molecule has 0 spiro atoms. The molecule has 0 heterocycles. The summed E-state index contributed by atoms with van der Waals surface area (Å²) in [6.45, 7) is 4.27. The van der Waals surface area contributed by atoms with Crippen molar-refractivity contribution in [1.82, 2.24) is 8.43 Å². The zero-order chi connectivity index (χ0) is 18.4. The minimum Gasteiger partial charge on any atom is -0.260 e. The molecule has 0 aromatic heterocycles. The van der Waals surface area contributed by atoms with Gasteiger partial charge >= 0.3 is 0 Å². The second-order valence-electron chi connectivity index (χ2n) is 5.41. The van der Waals surface area contributed by atoms with E-state index in [1.807, 2.05) is 26.0 Å². The normalized spacial score (nSPS) is 12.2. The van der Waals surface area contributed by atoms with Gasteiger partial charge in [0.15, 0.2) is 0 Å². The predicted octanol–water partition coefficient (Wildman–Crippen LogP) is 4.13. The van der Waals surface area contributed by atoms with Crippen molar-refractivity contribution in [2.45, 2.75) is 18.7 Å². The number of benzene rings is 2. The van der Waals surface area contributed by atoms with Crippen molar-refractivity contribution in [3.05, 3.63) is 58.6 Å². The van der Waals surface area contributed by atoms with E-state index in [2.05, 4.69) is 9.71 Å². The second kappa shape index (κ2) is 8.82. The molecular formula is C17H20ClN3O2S2. The summed E-state index contributed by atoms with van der Waals surface area (Å²) in [6.07, 6.45) is 1.69. The highest BCUT2D eigenvalue weighted by Gasteiger charge is 2.20. The van der Waals surface area contributed by atoms with Crippen molar-refractivity contribution >= 4 is 45.7 Å². The first-order chi connectivity index (χ1) is 11.8. The van der Waals surface area contributed by atoms with Gasteiger partial charge in [0, 0.05) is 37.0 Å². The number of rotatable bonds is 7. The van der Waals surface area contributed by atoms with Crippen LogP contribution >= 0.6 is 23.7 Å². The van der Waals surface area contributed by atoms with Crippen LogP contribution in [0.3, 0.4) is 0 Å². The summed E-state index contributed by atoms with van der Waals surface area (Å²) in [4.78, 5) is 4.61. The van der Waals surface area contributed by atoms with Crippen molar-refractivity contribution in [1.29, 1.82) is 0 Å². The average Bonchev–Trinajstić information content (AvgIpc) is 2.56. The van der Waals surface area contributed by atoms with Gasteiger partial charge in [-0.3, -0.25) is 4.99 Å². The highest BCUT2D eigenvalue weighted by Crippen LogP contribution is 2.22. The summed E-state index contributed by atoms with van der Waals surface area (Å²) in [5.74, 6) is 0. The Morgan fingerprint density at radius 2 is 1.88 bits per heavy atom. The molecule has 2 aromatic rings. The Balaban J connectivity index is 1.88. The third-order valence-electron chi connectivity index (χ3n) is 3.41. The van der Waals surface area contributed by atoms with E-state index in [1.165, 1.54) is 10.8 Å². The number of nitrogens with zero attached hydrogens (tertiary/aromatic N) is 2. The van der Waals surface area contributed by atoms with Crippen LogP contribution in [-0.2, 0) is 10.0 Å². The van der Waals surface area contributed by atoms with Crippen LogP contribution in [0.5, 0.6) is 0 Å². The fourth-order valence-electron chi connectivity index (χ4n) is 1.98. The minimum atomic E-state index is -3.53. The second-order valence-corrected chi connectivity index (χ2v) is 9.07. The molecule has 0 bridgehead atoms. The standard InChI is InChI=1S/C17H20ClN3O2S2/c1-13-4-7-16(8-5-13)25(22,23)21(3)24-20-11-10-19-17-9-6-15(18)12-14(17)2/h4-10,12,20H,11H2,1-3H3. The van der Waals surface area contributed by atoms with Crippen LogP contribution < -0.4 is 4.72 Å². The Hall–Kier alpha value is -1.38. The number of halogens is 1. The van der Waals surface area contributed by atoms with Gasteiger partial charge in [0.2, 0.25) is 0 Å². The highest BCUT2D eigenvalue weighted by atomic mass is 35.5. The lowest BCUT2D eigenvalue weighted by molar-refractivity contribution is 0.564. The molecule has 0 unspecified atom stereocenters. The van der Waals surface area contributed by atoms with Gasteiger partial charge in [-0.15, -0.1) is 3.71 Å². The maximum atomic E-state index is 12.4. The Kier molecular flexibility index (Phi) is 7.04. The molecule has 0 aliphatic rings. The Morgan fingerprint density at radius 3 is 2.52 bits per heavy atom. The Bertz CT molecular complexity index is 853. The molecular weight excluding hydrogens is 378 g/mol. The van der Waals surface area contributed by atoms with Gasteiger partial charge in [-0.2, -0.15) is 0 Å². The van der Waals surface area contributed by atoms with Crippen LogP contribution in [0, 0.1) is 13.8 Å². The number of sulfonamides is 1. The van der Waals surface area contributed by atoms with E-state index in [9.17, 15) is 8.42 Å². The summed E-state index contributed by atoms with van der Waals surface area (Å²) >= 11 is 6.91. The monoisotopic (exact) mass is 397 g/mol. The molecule has 0 radical (unpaired) electrons. The van der Waals surface area contributed by atoms with E-state index in [4.69, 9.17) is 11.6 Å². The first-order valence-electron chi connectivity index (χ1n) is 7.55. The van der Waals surface area contributed by atoms with Crippen LogP contribution in [0.2, 0.25) is 5.02 Å². The van der Waals surface area contributed by atoms with E-state index in [0.717, 1.165) is 28.9 Å². The van der Waals surface area contributed by atoms with Gasteiger partial charge in [-0.25, -0.2) is 13.1 Å². The average molecular weight is 398 g/mol. The first-order valence-corrected chi connectivity index (χ1v) is 10.1. The summed E-state index contributed by atoms with van der Waals surface area (Å²) < 4.78 is 29.0. The SMILES string of the molecule is Cc1ccc(S(=O)(=O)N(C)SNCC=Nc2ccc(Cl)cc2C)cc1. The van der Waals surface area contributed by atoms with E-state index in [0.29, 0.717) is 11.6 Å². The van der Waals surface area contributed by atoms with Crippen LogP contribution in [-0.4, -0.2) is 31.9 Å². The molecule has 0 amide bonds. The van der Waals surface area contributed by atoms with Crippen LogP contribution in [0.15, 0.2) is 52.4 Å². The molecule has 0 saturated heterocycles. The maximum Gasteiger partial charge on any atom is 0.253 e. The van der Waals surface area contributed by atoms with E-state index in [1.54, 1.807) is 36.5 Å². The van der Waals surface area contributed by atoms with Gasteiger partial charge in [0.25, 0.3) is 10.0 Å². The lowest BCUT2D eigenvalue weighted by Crippen LogP contribution is -2.25. The van der Waals surface area contributed by atoms with Crippen molar-refractivity contribution < 1.29 is 8.42 Å². The van der Waals surface area contributed by atoms with Crippen LogP contribution in [0.25, 0.3) is 0 Å². The quantitative estimate of drug-likeness (QED) is 0.433. The molecule has 1 N–H and O–H groups in total. The molecule has 134 valence electrons. The topological polar surface area (TPSA) is 61.8 Å². The molecule has 0 aliphatic heterocycles. The van der Waals surface area contributed by atoms with Crippen molar-refractivity contribution in [2.75, 3.05) is 13.6 Å². The maximum absolute atomic E-state index is 12.4. The molecule has 2 rings (SSSR count). The summed E-state index contributed by atoms with van der Waals surface area (Å²) in [6, 6.07) is 12.2. The number of hydrogen-bond acceptors (Lipinski definition) is 5. The van der Waals surface area contributed by atoms with Crippen LogP contribution in [0.4, 0.5) is 5.69 Å². The van der Waals surface area contributed by atoms with Gasteiger partial charge < -0.3 is 0 Å². The summed E-state index contributed by atoms with van der Waals surface area (Å²) in [5, 5.41) is 0.674. The molecule has 0 aliphatic carbocycles. The summed E-state index contributed by atoms with van der Waals surface area (Å²) in [7, 11) is -2.02. The number of aliphatic imine (C=N–C) groups is 1. The largest absolute Gasteiger partial charge is 0.260 e. The van der Waals surface area contributed by atoms with E-state index >= 15 is 0 Å². The zero-order valence-corrected chi connectivity index (χ0v) is 16.6. The molecule has 25 heavy (non-hydrogen) atoms. The third-order valence-corrected chi connectivity index (χ3v) is 6.56. The van der Waals surface area contributed by atoms with Gasteiger partial charge in [0.1, 0.15) is 0 Å². The van der Waals surface area contributed by atoms with Crippen molar-refractivity contribution in [3.63, 3.8) is 0 Å². The molecule has 0 saturated carbocycles. The fraction of sp³-hybridized carbons (Fsp3) is 0.235. The highest BCUT2D eigenvalue weighted by molar-refractivity contribution is 8.07. The minimum absolute atomic E-state index is 0.264. The number of aryl methyl sites for hydroxylation is 2. The summed E-state index contributed by atoms with van der Waals surface area (Å²) in [5.41, 5.74) is 2.83.